The van der Waals surface area contributed by atoms with Gasteiger partial charge in [-0.15, -0.1) is 0 Å². The van der Waals surface area contributed by atoms with Crippen LogP contribution in [0.5, 0.6) is 0 Å². The lowest BCUT2D eigenvalue weighted by Crippen LogP contribution is -2.19. The summed E-state index contributed by atoms with van der Waals surface area (Å²) in [4.78, 5) is 22.1. The molecule has 0 bridgehead atoms. The number of fused-ring (bicyclic) bond motifs is 1. The van der Waals surface area contributed by atoms with E-state index in [2.05, 4.69) is 5.32 Å². The van der Waals surface area contributed by atoms with E-state index in [1.54, 1.807) is 36.4 Å². The van der Waals surface area contributed by atoms with Crippen molar-refractivity contribution in [3.63, 3.8) is 0 Å². The highest BCUT2D eigenvalue weighted by Gasteiger charge is 2.28. The minimum atomic E-state index is -0.416. The summed E-state index contributed by atoms with van der Waals surface area (Å²) in [6.07, 6.45) is 0. The third-order valence-corrected chi connectivity index (χ3v) is 2.94. The largest absolute Gasteiger partial charge is 0.399 e. The first-order valence-corrected chi connectivity index (χ1v) is 6.12. The van der Waals surface area contributed by atoms with Gasteiger partial charge in [0, 0.05) is 11.4 Å². The number of carbonyl (C=O) groups is 2. The summed E-state index contributed by atoms with van der Waals surface area (Å²) in [5.41, 5.74) is 12.8. The fourth-order valence-electron chi connectivity index (χ4n) is 1.74. The van der Waals surface area contributed by atoms with E-state index in [1.165, 1.54) is 0 Å². The average molecular weight is 290 g/mol. The second-order valence-corrected chi connectivity index (χ2v) is 4.52. The van der Waals surface area contributed by atoms with Crippen LogP contribution in [0.3, 0.4) is 0 Å². The summed E-state index contributed by atoms with van der Waals surface area (Å²) in [7, 11) is 0. The van der Waals surface area contributed by atoms with Crippen LogP contribution in [-0.4, -0.2) is 11.8 Å². The van der Waals surface area contributed by atoms with Crippen LogP contribution in [0.15, 0.2) is 42.5 Å². The minimum Gasteiger partial charge on any atom is -0.399 e. The first kappa shape index (κ1) is 13.9. The Balaban J connectivity index is 0.000000160. The number of amides is 2. The molecule has 3 rings (SSSR count). The van der Waals surface area contributed by atoms with Crippen molar-refractivity contribution in [2.45, 2.75) is 0 Å². The molecule has 2 amide bonds. The number of nitrogens with two attached hydrogens (primary N) is 2. The van der Waals surface area contributed by atoms with E-state index in [1.807, 2.05) is 6.07 Å². The molecule has 5 N–H and O–H groups in total. The number of nitrogen functional groups attached to an aromatic ring is 2. The van der Waals surface area contributed by atoms with Crippen LogP contribution in [0.1, 0.15) is 20.7 Å². The third kappa shape index (κ3) is 2.89. The number of benzene rings is 2. The fraction of sp³-hybridized carbons (Fsp3) is 0. The van der Waals surface area contributed by atoms with Gasteiger partial charge in [-0.1, -0.05) is 23.7 Å². The second-order valence-electron chi connectivity index (χ2n) is 4.12. The molecule has 0 aliphatic carbocycles. The smallest absolute Gasteiger partial charge is 0.260 e. The molecule has 0 fully saturated rings. The van der Waals surface area contributed by atoms with Crippen LogP contribution in [0.25, 0.3) is 0 Å². The average Bonchev–Trinajstić information content (AvgIpc) is 2.67. The number of anilines is 2. The van der Waals surface area contributed by atoms with Crippen molar-refractivity contribution < 1.29 is 9.59 Å². The van der Waals surface area contributed by atoms with Gasteiger partial charge in [0.2, 0.25) is 0 Å². The molecule has 20 heavy (non-hydrogen) atoms. The van der Waals surface area contributed by atoms with E-state index in [0.29, 0.717) is 22.0 Å². The van der Waals surface area contributed by atoms with Crippen LogP contribution < -0.4 is 16.8 Å². The molecule has 0 radical (unpaired) electrons. The van der Waals surface area contributed by atoms with Crippen molar-refractivity contribution in [3.8, 4) is 0 Å². The molecule has 0 saturated carbocycles. The van der Waals surface area contributed by atoms with Crippen LogP contribution in [-0.2, 0) is 0 Å². The van der Waals surface area contributed by atoms with Gasteiger partial charge in [0.25, 0.3) is 11.8 Å². The van der Waals surface area contributed by atoms with Crippen molar-refractivity contribution in [2.75, 3.05) is 11.5 Å². The summed E-state index contributed by atoms with van der Waals surface area (Å²) < 4.78 is 0. The maximum atomic E-state index is 11.1. The molecule has 2 aromatic carbocycles. The Morgan fingerprint density at radius 1 is 0.900 bits per heavy atom. The standard InChI is InChI=1S/C8H4ClNO2.C6H8N2/c9-5-3-1-2-4-6(5)8(12)10-7(4)11;7-5-2-1-3-6(8)4-5/h1-3H,(H,10,11,12);1-4H,7-8H2. The van der Waals surface area contributed by atoms with Crippen LogP contribution in [0.2, 0.25) is 5.02 Å². The van der Waals surface area contributed by atoms with Crippen molar-refractivity contribution in [1.82, 2.24) is 5.32 Å². The summed E-state index contributed by atoms with van der Waals surface area (Å²) in [5, 5.41) is 2.48. The van der Waals surface area contributed by atoms with Crippen LogP contribution in [0, 0.1) is 0 Å². The van der Waals surface area contributed by atoms with Gasteiger partial charge in [0.1, 0.15) is 0 Å². The molecule has 0 aromatic heterocycles. The number of nitrogens with one attached hydrogen (secondary N) is 1. The number of hydrogen-bond donors (Lipinski definition) is 3. The van der Waals surface area contributed by atoms with Gasteiger partial charge in [-0.2, -0.15) is 0 Å². The van der Waals surface area contributed by atoms with E-state index in [-0.39, 0.29) is 11.5 Å². The number of halogens is 1. The first-order valence-electron chi connectivity index (χ1n) is 5.74. The molecular formula is C14H12ClN3O2. The van der Waals surface area contributed by atoms with Crippen molar-refractivity contribution in [2.24, 2.45) is 0 Å². The second kappa shape index (κ2) is 5.63. The Morgan fingerprint density at radius 3 is 2.00 bits per heavy atom. The Kier molecular flexibility index (Phi) is 3.91. The lowest BCUT2D eigenvalue weighted by atomic mass is 10.1. The molecule has 0 atom stereocenters. The number of rotatable bonds is 0. The summed E-state index contributed by atoms with van der Waals surface area (Å²) >= 11 is 5.72. The van der Waals surface area contributed by atoms with Gasteiger partial charge in [-0.25, -0.2) is 0 Å². The summed E-state index contributed by atoms with van der Waals surface area (Å²) in [5.74, 6) is -0.793. The van der Waals surface area contributed by atoms with Crippen molar-refractivity contribution in [3.05, 3.63) is 58.6 Å². The molecule has 5 nitrogen and oxygen atoms in total. The van der Waals surface area contributed by atoms with Gasteiger partial charge in [-0.05, 0) is 30.3 Å². The van der Waals surface area contributed by atoms with Crippen LogP contribution in [0.4, 0.5) is 11.4 Å². The Hall–Kier alpha value is -2.53. The molecule has 1 heterocycles. The lowest BCUT2D eigenvalue weighted by Gasteiger charge is -1.94. The maximum Gasteiger partial charge on any atom is 0.260 e. The molecule has 0 spiro atoms. The Labute approximate surface area is 120 Å². The Bertz CT molecular complexity index is 669. The van der Waals surface area contributed by atoms with E-state index in [9.17, 15) is 9.59 Å². The zero-order valence-corrected chi connectivity index (χ0v) is 11.1. The molecule has 2 aromatic rings. The van der Waals surface area contributed by atoms with Gasteiger partial charge >= 0.3 is 0 Å². The number of imide groups is 1. The molecule has 6 heteroatoms. The van der Waals surface area contributed by atoms with Crippen molar-refractivity contribution in [1.29, 1.82) is 0 Å². The molecular weight excluding hydrogens is 278 g/mol. The van der Waals surface area contributed by atoms with Gasteiger partial charge in [0.15, 0.2) is 0 Å². The number of carbonyl (C=O) groups excluding carboxylic acids is 2. The van der Waals surface area contributed by atoms with Gasteiger partial charge in [-0.3, -0.25) is 14.9 Å². The molecule has 102 valence electrons. The monoisotopic (exact) mass is 289 g/mol. The predicted molar refractivity (Wildman–Crippen MR) is 78.5 cm³/mol. The highest BCUT2D eigenvalue weighted by Crippen LogP contribution is 2.23. The topological polar surface area (TPSA) is 98.2 Å². The normalized spacial score (nSPS) is 12.2. The van der Waals surface area contributed by atoms with Gasteiger partial charge < -0.3 is 11.5 Å². The SMILES string of the molecule is Nc1cccc(N)c1.O=C1NC(=O)c2c(Cl)cccc21. The van der Waals surface area contributed by atoms with Crippen LogP contribution >= 0.6 is 11.6 Å². The van der Waals surface area contributed by atoms with Gasteiger partial charge in [0.05, 0.1) is 16.1 Å². The quantitative estimate of drug-likeness (QED) is 0.511. The van der Waals surface area contributed by atoms with E-state index in [4.69, 9.17) is 23.1 Å². The zero-order chi connectivity index (χ0) is 14.7. The highest BCUT2D eigenvalue weighted by atomic mass is 35.5. The third-order valence-electron chi connectivity index (χ3n) is 2.62. The highest BCUT2D eigenvalue weighted by molar-refractivity contribution is 6.37. The summed E-state index contributed by atoms with van der Waals surface area (Å²) in [6, 6.07) is 11.9. The molecule has 1 aliphatic heterocycles. The van der Waals surface area contributed by atoms with Crippen molar-refractivity contribution >= 4 is 34.8 Å². The molecule has 1 aliphatic rings. The van der Waals surface area contributed by atoms with E-state index in [0.717, 1.165) is 0 Å². The lowest BCUT2D eigenvalue weighted by molar-refractivity contribution is 0.0879. The number of hydrogen-bond acceptors (Lipinski definition) is 4. The van der Waals surface area contributed by atoms with E-state index >= 15 is 0 Å². The zero-order valence-electron chi connectivity index (χ0n) is 10.4. The Morgan fingerprint density at radius 2 is 1.50 bits per heavy atom. The minimum absolute atomic E-state index is 0.282. The summed E-state index contributed by atoms with van der Waals surface area (Å²) in [6.45, 7) is 0. The fourth-order valence-corrected chi connectivity index (χ4v) is 2.00. The predicted octanol–water partition coefficient (Wildman–Crippen LogP) is 2.07. The molecule has 0 unspecified atom stereocenters. The van der Waals surface area contributed by atoms with E-state index < -0.39 is 5.91 Å². The molecule has 0 saturated heterocycles. The first-order chi connectivity index (χ1) is 9.49. The maximum absolute atomic E-state index is 11.1.